The smallest absolute Gasteiger partial charge is 0.214 e. The van der Waals surface area contributed by atoms with Crippen LogP contribution in [0.3, 0.4) is 0 Å². The lowest BCUT2D eigenvalue weighted by molar-refractivity contribution is 0.102. The van der Waals surface area contributed by atoms with Crippen LogP contribution in [-0.4, -0.2) is 31.7 Å². The maximum Gasteiger partial charge on any atom is 0.214 e. The van der Waals surface area contributed by atoms with Crippen molar-refractivity contribution >= 4 is 17.5 Å². The monoisotopic (exact) mass is 352 g/mol. The van der Waals surface area contributed by atoms with E-state index in [4.69, 9.17) is 0 Å². The topological polar surface area (TPSA) is 60.7 Å². The average Bonchev–Trinajstić information content (AvgIpc) is 3.08. The standard InChI is InChI=1S/C19H20N4OS/c1-4-15-8-10-16(11-9-15)17(24)12-25-19-20-21-22-23(19)18-13(2)6-5-7-14(18)3/h5-11H,4,12H2,1-3H3. The van der Waals surface area contributed by atoms with Crippen LogP contribution in [0.25, 0.3) is 5.69 Å². The molecule has 128 valence electrons. The third-order valence-electron chi connectivity index (χ3n) is 4.11. The molecule has 1 heterocycles. The highest BCUT2D eigenvalue weighted by atomic mass is 32.2. The van der Waals surface area contributed by atoms with Crippen LogP contribution in [-0.2, 0) is 6.42 Å². The number of carbonyl (C=O) groups excluding carboxylic acids is 1. The summed E-state index contributed by atoms with van der Waals surface area (Å²) in [4.78, 5) is 12.4. The first-order chi connectivity index (χ1) is 12.1. The van der Waals surface area contributed by atoms with Crippen LogP contribution >= 0.6 is 11.8 Å². The molecule has 0 saturated carbocycles. The summed E-state index contributed by atoms with van der Waals surface area (Å²) in [6, 6.07) is 13.8. The second-order valence-corrected chi connectivity index (χ2v) is 6.82. The number of ketones is 1. The highest BCUT2D eigenvalue weighted by Crippen LogP contribution is 2.24. The number of para-hydroxylation sites is 1. The van der Waals surface area contributed by atoms with Crippen molar-refractivity contribution < 1.29 is 4.79 Å². The van der Waals surface area contributed by atoms with Gasteiger partial charge < -0.3 is 0 Å². The summed E-state index contributed by atoms with van der Waals surface area (Å²) >= 11 is 1.36. The SMILES string of the molecule is CCc1ccc(C(=O)CSc2nnnn2-c2c(C)cccc2C)cc1. The third kappa shape index (κ3) is 3.79. The summed E-state index contributed by atoms with van der Waals surface area (Å²) in [5.74, 6) is 0.375. The molecule has 0 fully saturated rings. The van der Waals surface area contributed by atoms with Gasteiger partial charge in [0.05, 0.1) is 11.4 Å². The number of benzene rings is 2. The molecule has 0 unspecified atom stereocenters. The van der Waals surface area contributed by atoms with Crippen LogP contribution in [0.1, 0.15) is 34.0 Å². The van der Waals surface area contributed by atoms with E-state index < -0.39 is 0 Å². The number of aryl methyl sites for hydroxylation is 3. The minimum absolute atomic E-state index is 0.0729. The van der Waals surface area contributed by atoms with Crippen molar-refractivity contribution in [2.45, 2.75) is 32.3 Å². The molecule has 0 saturated heterocycles. The summed E-state index contributed by atoms with van der Waals surface area (Å²) in [7, 11) is 0. The second-order valence-electron chi connectivity index (χ2n) is 5.88. The van der Waals surface area contributed by atoms with Crippen molar-refractivity contribution in [1.82, 2.24) is 20.2 Å². The molecule has 1 aromatic heterocycles. The Morgan fingerprint density at radius 3 is 2.40 bits per heavy atom. The van der Waals surface area contributed by atoms with E-state index >= 15 is 0 Å². The summed E-state index contributed by atoms with van der Waals surface area (Å²) < 4.78 is 1.71. The van der Waals surface area contributed by atoms with Crippen molar-refractivity contribution in [2.24, 2.45) is 0 Å². The van der Waals surface area contributed by atoms with Gasteiger partial charge in [-0.2, -0.15) is 4.68 Å². The third-order valence-corrected chi connectivity index (χ3v) is 5.03. The number of hydrogen-bond acceptors (Lipinski definition) is 5. The molecule has 3 aromatic rings. The van der Waals surface area contributed by atoms with Crippen molar-refractivity contribution in [3.05, 3.63) is 64.7 Å². The maximum absolute atomic E-state index is 12.4. The molecule has 3 rings (SSSR count). The van der Waals surface area contributed by atoms with E-state index in [1.807, 2.05) is 56.3 Å². The number of nitrogens with zero attached hydrogens (tertiary/aromatic N) is 4. The van der Waals surface area contributed by atoms with Crippen molar-refractivity contribution in [1.29, 1.82) is 0 Å². The van der Waals surface area contributed by atoms with Crippen molar-refractivity contribution in [2.75, 3.05) is 5.75 Å². The molecule has 0 radical (unpaired) electrons. The van der Waals surface area contributed by atoms with Gasteiger partial charge in [0.1, 0.15) is 0 Å². The van der Waals surface area contributed by atoms with Gasteiger partial charge in [0.15, 0.2) is 5.78 Å². The molecule has 25 heavy (non-hydrogen) atoms. The van der Waals surface area contributed by atoms with Crippen molar-refractivity contribution in [3.63, 3.8) is 0 Å². The Balaban J connectivity index is 1.76. The van der Waals surface area contributed by atoms with Crippen LogP contribution in [0.15, 0.2) is 47.6 Å². The predicted molar refractivity (Wildman–Crippen MR) is 99.5 cm³/mol. The lowest BCUT2D eigenvalue weighted by atomic mass is 10.1. The first kappa shape index (κ1) is 17.4. The highest BCUT2D eigenvalue weighted by Gasteiger charge is 2.15. The molecule has 0 aliphatic heterocycles. The van der Waals surface area contributed by atoms with Gasteiger partial charge in [0.2, 0.25) is 5.16 Å². The van der Waals surface area contributed by atoms with E-state index in [1.165, 1.54) is 17.3 Å². The Labute approximate surface area is 151 Å². The molecule has 2 aromatic carbocycles. The lowest BCUT2D eigenvalue weighted by Gasteiger charge is -2.10. The number of hydrogen-bond donors (Lipinski definition) is 0. The highest BCUT2D eigenvalue weighted by molar-refractivity contribution is 7.99. The van der Waals surface area contributed by atoms with Crippen molar-refractivity contribution in [3.8, 4) is 5.69 Å². The Morgan fingerprint density at radius 1 is 1.08 bits per heavy atom. The van der Waals surface area contributed by atoms with E-state index in [9.17, 15) is 4.79 Å². The number of aromatic nitrogens is 4. The minimum Gasteiger partial charge on any atom is -0.293 e. The van der Waals surface area contributed by atoms with E-state index in [2.05, 4.69) is 22.4 Å². The van der Waals surface area contributed by atoms with E-state index in [-0.39, 0.29) is 5.78 Å². The fraction of sp³-hybridized carbons (Fsp3) is 0.263. The summed E-state index contributed by atoms with van der Waals surface area (Å²) in [5.41, 5.74) is 5.10. The van der Waals surface area contributed by atoms with Gasteiger partial charge in [0, 0.05) is 5.56 Å². The number of carbonyl (C=O) groups is 1. The molecule has 6 heteroatoms. The van der Waals surface area contributed by atoms with Gasteiger partial charge in [-0.1, -0.05) is 61.2 Å². The van der Waals surface area contributed by atoms with Gasteiger partial charge >= 0.3 is 0 Å². The van der Waals surface area contributed by atoms with Gasteiger partial charge in [-0.15, -0.1) is 5.10 Å². The molecule has 0 amide bonds. The first-order valence-corrected chi connectivity index (χ1v) is 9.18. The Bertz CT molecular complexity index is 866. The molecule has 0 bridgehead atoms. The largest absolute Gasteiger partial charge is 0.293 e. The number of thioether (sulfide) groups is 1. The normalized spacial score (nSPS) is 10.8. The van der Waals surface area contributed by atoms with Crippen LogP contribution < -0.4 is 0 Å². The molecule has 0 atom stereocenters. The number of tetrazole rings is 1. The van der Waals surface area contributed by atoms with Crippen LogP contribution in [0.4, 0.5) is 0 Å². The van der Waals surface area contributed by atoms with E-state index in [1.54, 1.807) is 4.68 Å². The molecular formula is C19H20N4OS. The van der Waals surface area contributed by atoms with Gasteiger partial charge in [-0.25, -0.2) is 0 Å². The molecule has 0 aliphatic carbocycles. The zero-order chi connectivity index (χ0) is 17.8. The predicted octanol–water partition coefficient (Wildman–Crippen LogP) is 3.82. The fourth-order valence-electron chi connectivity index (χ4n) is 2.69. The fourth-order valence-corrected chi connectivity index (χ4v) is 3.46. The van der Waals surface area contributed by atoms with Crippen LogP contribution in [0, 0.1) is 13.8 Å². The zero-order valence-electron chi connectivity index (χ0n) is 14.6. The number of rotatable bonds is 6. The summed E-state index contributed by atoms with van der Waals surface area (Å²) in [6.07, 6.45) is 0.966. The maximum atomic E-state index is 12.4. The summed E-state index contributed by atoms with van der Waals surface area (Å²) in [5, 5.41) is 12.6. The van der Waals surface area contributed by atoms with Gasteiger partial charge in [-0.3, -0.25) is 4.79 Å². The minimum atomic E-state index is 0.0729. The summed E-state index contributed by atoms with van der Waals surface area (Å²) in [6.45, 7) is 6.15. The Kier molecular flexibility index (Phi) is 5.28. The zero-order valence-corrected chi connectivity index (χ0v) is 15.4. The molecule has 5 nitrogen and oxygen atoms in total. The number of Topliss-reactive ketones (excluding diaryl/α,β-unsaturated/α-hetero) is 1. The molecule has 0 N–H and O–H groups in total. The van der Waals surface area contributed by atoms with E-state index in [0.29, 0.717) is 10.9 Å². The average molecular weight is 352 g/mol. The first-order valence-electron chi connectivity index (χ1n) is 8.20. The lowest BCUT2D eigenvalue weighted by Crippen LogP contribution is -2.07. The van der Waals surface area contributed by atoms with Crippen LogP contribution in [0.2, 0.25) is 0 Å². The Morgan fingerprint density at radius 2 is 1.76 bits per heavy atom. The van der Waals surface area contributed by atoms with Gasteiger partial charge in [0.25, 0.3) is 0 Å². The second kappa shape index (κ2) is 7.61. The van der Waals surface area contributed by atoms with Gasteiger partial charge in [-0.05, 0) is 47.4 Å². The molecule has 0 aliphatic rings. The quantitative estimate of drug-likeness (QED) is 0.498. The Hall–Kier alpha value is -2.47. The van der Waals surface area contributed by atoms with E-state index in [0.717, 1.165) is 28.8 Å². The molecular weight excluding hydrogens is 332 g/mol. The molecule has 0 spiro atoms. The van der Waals surface area contributed by atoms with Crippen LogP contribution in [0.5, 0.6) is 0 Å².